The third kappa shape index (κ3) is 6.14. The van der Waals surface area contributed by atoms with Crippen molar-refractivity contribution in [1.29, 1.82) is 0 Å². The lowest BCUT2D eigenvalue weighted by Gasteiger charge is -2.23. The van der Waals surface area contributed by atoms with Crippen LogP contribution in [0.15, 0.2) is 24.3 Å². The van der Waals surface area contributed by atoms with E-state index in [1.54, 1.807) is 0 Å². The molecule has 1 fully saturated rings. The SMILES string of the molecule is O=CNCCOCCc1ccc(OC2CCNCC2)cc1. The fraction of sp³-hybridized carbons (Fsp3) is 0.562. The van der Waals surface area contributed by atoms with Gasteiger partial charge < -0.3 is 20.1 Å². The lowest BCUT2D eigenvalue weighted by atomic mass is 10.1. The van der Waals surface area contributed by atoms with Gasteiger partial charge in [0.05, 0.1) is 13.2 Å². The van der Waals surface area contributed by atoms with E-state index in [9.17, 15) is 4.79 Å². The van der Waals surface area contributed by atoms with Crippen LogP contribution in [0, 0.1) is 0 Å². The summed E-state index contributed by atoms with van der Waals surface area (Å²) < 4.78 is 11.4. The first-order valence-electron chi connectivity index (χ1n) is 7.59. The van der Waals surface area contributed by atoms with Crippen molar-refractivity contribution >= 4 is 6.41 Å². The molecule has 0 atom stereocenters. The molecule has 0 spiro atoms. The topological polar surface area (TPSA) is 59.6 Å². The highest BCUT2D eigenvalue weighted by atomic mass is 16.5. The Hall–Kier alpha value is -1.59. The number of benzene rings is 1. The first-order chi connectivity index (χ1) is 10.4. The maximum atomic E-state index is 10.1. The quantitative estimate of drug-likeness (QED) is 0.529. The second kappa shape index (κ2) is 9.37. The van der Waals surface area contributed by atoms with Crippen LogP contribution in [0.4, 0.5) is 0 Å². The number of hydrogen-bond donors (Lipinski definition) is 2. The Labute approximate surface area is 126 Å². The molecule has 1 aliphatic rings. The van der Waals surface area contributed by atoms with E-state index in [1.807, 2.05) is 12.1 Å². The van der Waals surface area contributed by atoms with Gasteiger partial charge in [-0.05, 0) is 50.0 Å². The monoisotopic (exact) mass is 292 g/mol. The van der Waals surface area contributed by atoms with Gasteiger partial charge in [0.25, 0.3) is 0 Å². The first kappa shape index (κ1) is 15.8. The van der Waals surface area contributed by atoms with E-state index in [0.29, 0.717) is 32.3 Å². The van der Waals surface area contributed by atoms with Crippen LogP contribution in [0.2, 0.25) is 0 Å². The Morgan fingerprint density at radius 1 is 1.19 bits per heavy atom. The van der Waals surface area contributed by atoms with Crippen LogP contribution < -0.4 is 15.4 Å². The number of piperidine rings is 1. The zero-order valence-corrected chi connectivity index (χ0v) is 12.3. The molecule has 1 heterocycles. The van der Waals surface area contributed by atoms with E-state index in [1.165, 1.54) is 5.56 Å². The van der Waals surface area contributed by atoms with Crippen LogP contribution in [-0.4, -0.2) is 45.4 Å². The highest BCUT2D eigenvalue weighted by molar-refractivity contribution is 5.45. The summed E-state index contributed by atoms with van der Waals surface area (Å²) in [5.74, 6) is 0.946. The van der Waals surface area contributed by atoms with Crippen LogP contribution >= 0.6 is 0 Å². The highest BCUT2D eigenvalue weighted by Gasteiger charge is 2.14. The van der Waals surface area contributed by atoms with Gasteiger partial charge in [0.15, 0.2) is 0 Å². The minimum absolute atomic E-state index is 0.339. The molecule has 0 bridgehead atoms. The molecule has 116 valence electrons. The third-order valence-electron chi connectivity index (χ3n) is 3.52. The summed E-state index contributed by atoms with van der Waals surface area (Å²) in [7, 11) is 0. The number of carbonyl (C=O) groups excluding carboxylic acids is 1. The van der Waals surface area contributed by atoms with Crippen LogP contribution in [0.1, 0.15) is 18.4 Å². The normalized spacial score (nSPS) is 15.6. The molecule has 0 aliphatic carbocycles. The van der Waals surface area contributed by atoms with E-state index >= 15 is 0 Å². The van der Waals surface area contributed by atoms with E-state index in [-0.39, 0.29) is 0 Å². The number of nitrogens with one attached hydrogen (secondary N) is 2. The van der Waals surface area contributed by atoms with Crippen LogP contribution in [0.3, 0.4) is 0 Å². The molecule has 5 nitrogen and oxygen atoms in total. The van der Waals surface area contributed by atoms with Crippen molar-refractivity contribution in [2.24, 2.45) is 0 Å². The average Bonchev–Trinajstić information content (AvgIpc) is 2.53. The minimum Gasteiger partial charge on any atom is -0.490 e. The summed E-state index contributed by atoms with van der Waals surface area (Å²) in [5.41, 5.74) is 1.23. The molecule has 21 heavy (non-hydrogen) atoms. The standard InChI is InChI=1S/C16H24N2O3/c19-13-18-10-12-20-11-7-14-1-3-15(4-2-14)21-16-5-8-17-9-6-16/h1-4,13,16-17H,5-12H2,(H,18,19). The van der Waals surface area contributed by atoms with Gasteiger partial charge in [0.1, 0.15) is 11.9 Å². The molecular formula is C16H24N2O3. The largest absolute Gasteiger partial charge is 0.490 e. The Morgan fingerprint density at radius 2 is 1.95 bits per heavy atom. The van der Waals surface area contributed by atoms with Gasteiger partial charge in [0.2, 0.25) is 6.41 Å². The first-order valence-corrected chi connectivity index (χ1v) is 7.59. The molecule has 0 unspecified atom stereocenters. The van der Waals surface area contributed by atoms with E-state index < -0.39 is 0 Å². The molecule has 0 saturated carbocycles. The van der Waals surface area contributed by atoms with Crippen molar-refractivity contribution in [3.63, 3.8) is 0 Å². The fourth-order valence-electron chi connectivity index (χ4n) is 2.32. The second-order valence-electron chi connectivity index (χ2n) is 5.15. The van der Waals surface area contributed by atoms with Crippen molar-refractivity contribution in [1.82, 2.24) is 10.6 Å². The molecule has 1 saturated heterocycles. The van der Waals surface area contributed by atoms with E-state index in [2.05, 4.69) is 22.8 Å². The molecule has 2 N–H and O–H groups in total. The second-order valence-corrected chi connectivity index (χ2v) is 5.15. The van der Waals surface area contributed by atoms with E-state index in [0.717, 1.165) is 38.1 Å². The smallest absolute Gasteiger partial charge is 0.207 e. The van der Waals surface area contributed by atoms with Gasteiger partial charge >= 0.3 is 0 Å². The Balaban J connectivity index is 1.65. The van der Waals surface area contributed by atoms with Crippen molar-refractivity contribution < 1.29 is 14.3 Å². The van der Waals surface area contributed by atoms with Gasteiger partial charge in [-0.15, -0.1) is 0 Å². The van der Waals surface area contributed by atoms with Crippen molar-refractivity contribution in [3.8, 4) is 5.75 Å². The Bertz CT molecular complexity index is 402. The van der Waals surface area contributed by atoms with Crippen molar-refractivity contribution in [3.05, 3.63) is 29.8 Å². The van der Waals surface area contributed by atoms with Crippen LogP contribution in [0.25, 0.3) is 0 Å². The number of hydrogen-bond acceptors (Lipinski definition) is 4. The maximum absolute atomic E-state index is 10.1. The lowest BCUT2D eigenvalue weighted by molar-refractivity contribution is -0.109. The zero-order chi connectivity index (χ0) is 14.8. The molecule has 1 aliphatic heterocycles. The van der Waals surface area contributed by atoms with Gasteiger partial charge in [0, 0.05) is 6.54 Å². The molecule has 5 heteroatoms. The number of amides is 1. The molecule has 1 aromatic carbocycles. The average molecular weight is 292 g/mol. The highest BCUT2D eigenvalue weighted by Crippen LogP contribution is 2.17. The van der Waals surface area contributed by atoms with E-state index in [4.69, 9.17) is 9.47 Å². The number of carbonyl (C=O) groups is 1. The predicted octanol–water partition coefficient (Wildman–Crippen LogP) is 1.12. The number of ether oxygens (including phenoxy) is 2. The molecule has 0 aromatic heterocycles. The summed E-state index contributed by atoms with van der Waals surface area (Å²) in [4.78, 5) is 10.1. The summed E-state index contributed by atoms with van der Waals surface area (Å²) >= 11 is 0. The Kier molecular flexibility index (Phi) is 7.04. The zero-order valence-electron chi connectivity index (χ0n) is 12.3. The molecular weight excluding hydrogens is 268 g/mol. The van der Waals surface area contributed by atoms with Crippen molar-refractivity contribution in [2.45, 2.75) is 25.4 Å². The third-order valence-corrected chi connectivity index (χ3v) is 3.52. The van der Waals surface area contributed by atoms with Crippen molar-refractivity contribution in [2.75, 3.05) is 32.8 Å². The lowest BCUT2D eigenvalue weighted by Crippen LogP contribution is -2.34. The molecule has 2 rings (SSSR count). The molecule has 1 aromatic rings. The van der Waals surface area contributed by atoms with Gasteiger partial charge in [-0.25, -0.2) is 0 Å². The van der Waals surface area contributed by atoms with Crippen LogP contribution in [0.5, 0.6) is 5.75 Å². The minimum atomic E-state index is 0.339. The number of rotatable bonds is 9. The fourth-order valence-corrected chi connectivity index (χ4v) is 2.32. The van der Waals surface area contributed by atoms with Gasteiger partial charge in [-0.2, -0.15) is 0 Å². The Morgan fingerprint density at radius 3 is 2.67 bits per heavy atom. The summed E-state index contributed by atoms with van der Waals surface area (Å²) in [6.07, 6.45) is 4.04. The maximum Gasteiger partial charge on any atom is 0.207 e. The van der Waals surface area contributed by atoms with Crippen LogP contribution in [-0.2, 0) is 16.0 Å². The molecule has 0 radical (unpaired) electrons. The predicted molar refractivity (Wildman–Crippen MR) is 81.6 cm³/mol. The summed E-state index contributed by atoms with van der Waals surface area (Å²) in [6.45, 7) is 3.86. The molecule has 1 amide bonds. The summed E-state index contributed by atoms with van der Waals surface area (Å²) in [5, 5.41) is 5.90. The summed E-state index contributed by atoms with van der Waals surface area (Å²) in [6, 6.07) is 8.24. The van der Waals surface area contributed by atoms with Gasteiger partial charge in [-0.3, -0.25) is 4.79 Å². The van der Waals surface area contributed by atoms with Gasteiger partial charge in [-0.1, -0.05) is 12.1 Å².